The van der Waals surface area contributed by atoms with Gasteiger partial charge in [-0.2, -0.15) is 0 Å². The Bertz CT molecular complexity index is 574. The lowest BCUT2D eigenvalue weighted by atomic mass is 10.1. The largest absolute Gasteiger partial charge is 0.489 e. The fraction of sp³-hybridized carbons (Fsp3) is 0.556. The van der Waals surface area contributed by atoms with Gasteiger partial charge >= 0.3 is 0 Å². The maximum atomic E-state index is 12.9. The molecule has 0 bridgehead atoms. The second kappa shape index (κ2) is 11.9. The zero-order chi connectivity index (χ0) is 18.9. The number of rotatable bonds is 7. The SMILES string of the molecule is CCNC(=NCC(=O)NC(C)(C)C)NCC(C)Oc1ccc(F)cc1.I. The molecule has 1 amide bonds. The Balaban J connectivity index is 0.00000625. The molecular formula is C18H30FIN4O2. The van der Waals surface area contributed by atoms with Crippen LogP contribution in [0.3, 0.4) is 0 Å². The molecule has 0 aliphatic rings. The van der Waals surface area contributed by atoms with Crippen LogP contribution in [-0.2, 0) is 4.79 Å². The summed E-state index contributed by atoms with van der Waals surface area (Å²) in [4.78, 5) is 16.1. The Morgan fingerprint density at radius 2 is 1.85 bits per heavy atom. The highest BCUT2D eigenvalue weighted by Crippen LogP contribution is 2.12. The minimum absolute atomic E-state index is 0. The maximum Gasteiger partial charge on any atom is 0.242 e. The summed E-state index contributed by atoms with van der Waals surface area (Å²) in [7, 11) is 0. The number of amides is 1. The van der Waals surface area contributed by atoms with Crippen molar-refractivity contribution in [3.05, 3.63) is 30.1 Å². The average Bonchev–Trinajstić information content (AvgIpc) is 2.50. The van der Waals surface area contributed by atoms with E-state index < -0.39 is 0 Å². The first kappa shape index (κ1) is 24.4. The van der Waals surface area contributed by atoms with Crippen LogP contribution in [-0.4, -0.2) is 43.1 Å². The number of hydrogen-bond donors (Lipinski definition) is 3. The van der Waals surface area contributed by atoms with E-state index in [-0.39, 0.29) is 53.9 Å². The monoisotopic (exact) mass is 480 g/mol. The highest BCUT2D eigenvalue weighted by atomic mass is 127. The third-order valence-corrected chi connectivity index (χ3v) is 2.95. The molecule has 0 saturated carbocycles. The molecule has 0 aromatic heterocycles. The second-order valence-electron chi connectivity index (χ2n) is 6.76. The van der Waals surface area contributed by atoms with Gasteiger partial charge in [0.15, 0.2) is 5.96 Å². The first-order chi connectivity index (χ1) is 11.7. The fourth-order valence-corrected chi connectivity index (χ4v) is 1.98. The molecule has 1 aromatic rings. The first-order valence-corrected chi connectivity index (χ1v) is 8.45. The quantitative estimate of drug-likeness (QED) is 0.319. The average molecular weight is 480 g/mol. The zero-order valence-corrected chi connectivity index (χ0v) is 18.4. The van der Waals surface area contributed by atoms with Crippen LogP contribution in [0.25, 0.3) is 0 Å². The number of nitrogens with one attached hydrogen (secondary N) is 3. The Morgan fingerprint density at radius 1 is 1.23 bits per heavy atom. The molecule has 0 heterocycles. The minimum atomic E-state index is -0.298. The lowest BCUT2D eigenvalue weighted by Gasteiger charge is -2.20. The van der Waals surface area contributed by atoms with Gasteiger partial charge in [0.1, 0.15) is 24.2 Å². The molecule has 0 spiro atoms. The number of carbonyl (C=O) groups excluding carboxylic acids is 1. The van der Waals surface area contributed by atoms with E-state index in [1.807, 2.05) is 34.6 Å². The summed E-state index contributed by atoms with van der Waals surface area (Å²) in [5.41, 5.74) is -0.282. The third kappa shape index (κ3) is 11.1. The van der Waals surface area contributed by atoms with Crippen molar-refractivity contribution in [3.63, 3.8) is 0 Å². The molecule has 8 heteroatoms. The Hall–Kier alpha value is -1.58. The lowest BCUT2D eigenvalue weighted by molar-refractivity contribution is -0.121. The van der Waals surface area contributed by atoms with Gasteiger partial charge in [0.25, 0.3) is 0 Å². The van der Waals surface area contributed by atoms with Gasteiger partial charge in [-0.15, -0.1) is 24.0 Å². The van der Waals surface area contributed by atoms with Crippen LogP contribution < -0.4 is 20.7 Å². The van der Waals surface area contributed by atoms with Crippen molar-refractivity contribution in [2.24, 2.45) is 4.99 Å². The van der Waals surface area contributed by atoms with Crippen LogP contribution in [0.15, 0.2) is 29.3 Å². The van der Waals surface area contributed by atoms with Crippen LogP contribution in [0.4, 0.5) is 4.39 Å². The summed E-state index contributed by atoms with van der Waals surface area (Å²) >= 11 is 0. The van der Waals surface area contributed by atoms with E-state index in [1.165, 1.54) is 12.1 Å². The van der Waals surface area contributed by atoms with E-state index in [4.69, 9.17) is 4.74 Å². The van der Waals surface area contributed by atoms with Gasteiger partial charge in [-0.05, 0) is 58.9 Å². The van der Waals surface area contributed by atoms with Crippen molar-refractivity contribution in [2.45, 2.75) is 46.3 Å². The Kier molecular flexibility index (Phi) is 11.2. The van der Waals surface area contributed by atoms with Gasteiger partial charge in [-0.25, -0.2) is 9.38 Å². The summed E-state index contributed by atoms with van der Waals surface area (Å²) in [5, 5.41) is 9.07. The summed E-state index contributed by atoms with van der Waals surface area (Å²) in [6.07, 6.45) is -0.155. The molecule has 1 unspecified atom stereocenters. The maximum absolute atomic E-state index is 12.9. The van der Waals surface area contributed by atoms with Crippen molar-refractivity contribution in [3.8, 4) is 5.75 Å². The van der Waals surface area contributed by atoms with Gasteiger partial charge in [0.2, 0.25) is 5.91 Å². The van der Waals surface area contributed by atoms with Crippen molar-refractivity contribution in [1.29, 1.82) is 0 Å². The molecule has 0 radical (unpaired) electrons. The van der Waals surface area contributed by atoms with Gasteiger partial charge in [0, 0.05) is 12.1 Å². The van der Waals surface area contributed by atoms with E-state index in [9.17, 15) is 9.18 Å². The summed E-state index contributed by atoms with van der Waals surface area (Å²) in [5.74, 6) is 0.705. The molecule has 148 valence electrons. The molecule has 0 aliphatic carbocycles. The number of halogens is 2. The molecular weight excluding hydrogens is 450 g/mol. The zero-order valence-electron chi connectivity index (χ0n) is 16.1. The standard InChI is InChI=1S/C18H29FN4O2.HI/c1-6-20-17(22-12-16(24)23-18(3,4)5)21-11-13(2)25-15-9-7-14(19)8-10-15;/h7-10,13H,6,11-12H2,1-5H3,(H,23,24)(H2,20,21,22);1H. The second-order valence-corrected chi connectivity index (χ2v) is 6.76. The Morgan fingerprint density at radius 3 is 2.38 bits per heavy atom. The number of hydrogen-bond acceptors (Lipinski definition) is 3. The smallest absolute Gasteiger partial charge is 0.242 e. The van der Waals surface area contributed by atoms with Crippen molar-refractivity contribution >= 4 is 35.8 Å². The number of guanidine groups is 1. The van der Waals surface area contributed by atoms with Crippen LogP contribution >= 0.6 is 24.0 Å². The third-order valence-electron chi connectivity index (χ3n) is 2.95. The molecule has 0 saturated heterocycles. The number of ether oxygens (including phenoxy) is 1. The lowest BCUT2D eigenvalue weighted by Crippen LogP contribution is -2.44. The molecule has 1 aromatic carbocycles. The molecule has 3 N–H and O–H groups in total. The van der Waals surface area contributed by atoms with Crippen LogP contribution in [0.1, 0.15) is 34.6 Å². The van der Waals surface area contributed by atoms with Gasteiger partial charge in [-0.1, -0.05) is 0 Å². The van der Waals surface area contributed by atoms with Crippen LogP contribution in [0, 0.1) is 5.82 Å². The van der Waals surface area contributed by atoms with Crippen molar-refractivity contribution in [1.82, 2.24) is 16.0 Å². The van der Waals surface area contributed by atoms with Crippen molar-refractivity contribution in [2.75, 3.05) is 19.6 Å². The van der Waals surface area contributed by atoms with E-state index in [2.05, 4.69) is 20.9 Å². The van der Waals surface area contributed by atoms with Crippen molar-refractivity contribution < 1.29 is 13.9 Å². The van der Waals surface area contributed by atoms with Crippen LogP contribution in [0.2, 0.25) is 0 Å². The highest BCUT2D eigenvalue weighted by Gasteiger charge is 2.13. The minimum Gasteiger partial charge on any atom is -0.489 e. The summed E-state index contributed by atoms with van der Waals surface area (Å²) in [6.45, 7) is 10.8. The van der Waals surface area contributed by atoms with Gasteiger partial charge < -0.3 is 20.7 Å². The molecule has 0 fully saturated rings. The summed E-state index contributed by atoms with van der Waals surface area (Å²) < 4.78 is 18.6. The Labute approximate surface area is 172 Å². The fourth-order valence-electron chi connectivity index (χ4n) is 1.98. The highest BCUT2D eigenvalue weighted by molar-refractivity contribution is 14.0. The number of nitrogens with zero attached hydrogens (tertiary/aromatic N) is 1. The van der Waals surface area contributed by atoms with E-state index in [0.29, 0.717) is 24.8 Å². The predicted octanol–water partition coefficient (Wildman–Crippen LogP) is 2.68. The predicted molar refractivity (Wildman–Crippen MR) is 114 cm³/mol. The number of carbonyl (C=O) groups is 1. The van der Waals surface area contributed by atoms with Crippen LogP contribution in [0.5, 0.6) is 5.75 Å². The van der Waals surface area contributed by atoms with Gasteiger partial charge in [-0.3, -0.25) is 4.79 Å². The summed E-state index contributed by atoms with van der Waals surface area (Å²) in [6, 6.07) is 5.88. The molecule has 26 heavy (non-hydrogen) atoms. The topological polar surface area (TPSA) is 74.8 Å². The van der Waals surface area contributed by atoms with E-state index in [0.717, 1.165) is 0 Å². The van der Waals surface area contributed by atoms with E-state index >= 15 is 0 Å². The number of aliphatic imine (C=N–C) groups is 1. The van der Waals surface area contributed by atoms with Gasteiger partial charge in [0.05, 0.1) is 6.54 Å². The normalized spacial score (nSPS) is 12.6. The first-order valence-electron chi connectivity index (χ1n) is 8.45. The number of benzene rings is 1. The molecule has 1 atom stereocenters. The molecule has 6 nitrogen and oxygen atoms in total. The molecule has 1 rings (SSSR count). The van der Waals surface area contributed by atoms with E-state index in [1.54, 1.807) is 12.1 Å². The molecule has 0 aliphatic heterocycles.